The Kier molecular flexibility index (Phi) is 7.13. The van der Waals surface area contributed by atoms with Crippen LogP contribution in [0.15, 0.2) is 29.3 Å². The Hall–Kier alpha value is -2.08. The molecule has 0 aliphatic rings. The second-order valence-electron chi connectivity index (χ2n) is 4.26. The highest BCUT2D eigenvalue weighted by Gasteiger charge is 2.02. The maximum atomic E-state index is 11.1. The molecule has 0 fully saturated rings. The second kappa shape index (κ2) is 8.92. The number of ether oxygens (including phenoxy) is 1. The van der Waals surface area contributed by atoms with Crippen molar-refractivity contribution >= 4 is 11.9 Å². The number of hydrogen-bond donors (Lipinski definition) is 3. The number of nitrogens with zero attached hydrogens (tertiary/aromatic N) is 1. The number of carbonyl (C=O) groups is 1. The highest BCUT2D eigenvalue weighted by molar-refractivity contribution is 5.92. The van der Waals surface area contributed by atoms with E-state index in [0.717, 1.165) is 18.5 Å². The molecule has 1 amide bonds. The standard InChI is InChI=1S/C14H22N4O2/c1-16-14(17-7-4-8-20-2)18-10-11-5-3-6-12(9-11)13(15)19/h3,5-6,9H,4,7-8,10H2,1-2H3,(H2,15,19)(H2,16,17,18). The molecule has 4 N–H and O–H groups in total. The maximum Gasteiger partial charge on any atom is 0.248 e. The molecular weight excluding hydrogens is 256 g/mol. The van der Waals surface area contributed by atoms with Crippen molar-refractivity contribution in [2.45, 2.75) is 13.0 Å². The molecule has 1 aromatic rings. The zero-order chi connectivity index (χ0) is 14.8. The van der Waals surface area contributed by atoms with Crippen LogP contribution in [0.5, 0.6) is 0 Å². The minimum Gasteiger partial charge on any atom is -0.385 e. The summed E-state index contributed by atoms with van der Waals surface area (Å²) in [6, 6.07) is 7.21. The number of primary amides is 1. The van der Waals surface area contributed by atoms with Crippen LogP contribution >= 0.6 is 0 Å². The van der Waals surface area contributed by atoms with Gasteiger partial charge in [-0.05, 0) is 24.1 Å². The number of guanidine groups is 1. The monoisotopic (exact) mass is 278 g/mol. The van der Waals surface area contributed by atoms with E-state index in [4.69, 9.17) is 10.5 Å². The number of nitrogens with two attached hydrogens (primary N) is 1. The van der Waals surface area contributed by atoms with E-state index in [-0.39, 0.29) is 0 Å². The molecule has 0 bridgehead atoms. The Morgan fingerprint density at radius 3 is 2.85 bits per heavy atom. The second-order valence-corrected chi connectivity index (χ2v) is 4.26. The van der Waals surface area contributed by atoms with Gasteiger partial charge in [0.2, 0.25) is 5.91 Å². The first-order chi connectivity index (χ1) is 9.67. The van der Waals surface area contributed by atoms with E-state index in [1.165, 1.54) is 0 Å². The van der Waals surface area contributed by atoms with Crippen LogP contribution in [0.1, 0.15) is 22.3 Å². The number of hydrogen-bond acceptors (Lipinski definition) is 3. The van der Waals surface area contributed by atoms with E-state index >= 15 is 0 Å². The quantitative estimate of drug-likeness (QED) is 0.385. The first-order valence-electron chi connectivity index (χ1n) is 6.49. The van der Waals surface area contributed by atoms with Crippen molar-refractivity contribution < 1.29 is 9.53 Å². The lowest BCUT2D eigenvalue weighted by Gasteiger charge is -2.12. The van der Waals surface area contributed by atoms with Gasteiger partial charge in [0.15, 0.2) is 5.96 Å². The summed E-state index contributed by atoms with van der Waals surface area (Å²) >= 11 is 0. The first-order valence-corrected chi connectivity index (χ1v) is 6.49. The Labute approximate surface area is 119 Å². The molecule has 0 aliphatic carbocycles. The molecule has 0 unspecified atom stereocenters. The average Bonchev–Trinajstić information content (AvgIpc) is 2.47. The molecule has 0 spiro atoms. The van der Waals surface area contributed by atoms with Crippen molar-refractivity contribution in [3.8, 4) is 0 Å². The summed E-state index contributed by atoms with van der Waals surface area (Å²) in [6.07, 6.45) is 0.911. The van der Waals surface area contributed by atoms with Crippen LogP contribution in [0.3, 0.4) is 0 Å². The third-order valence-electron chi connectivity index (χ3n) is 2.71. The van der Waals surface area contributed by atoms with E-state index in [1.807, 2.05) is 12.1 Å². The predicted molar refractivity (Wildman–Crippen MR) is 79.7 cm³/mol. The Bertz CT molecular complexity index is 460. The van der Waals surface area contributed by atoms with Crippen LogP contribution in [0, 0.1) is 0 Å². The molecule has 0 aliphatic heterocycles. The van der Waals surface area contributed by atoms with Gasteiger partial charge >= 0.3 is 0 Å². The minimum absolute atomic E-state index is 0.422. The van der Waals surface area contributed by atoms with Crippen molar-refractivity contribution in [2.75, 3.05) is 27.3 Å². The van der Waals surface area contributed by atoms with Gasteiger partial charge in [-0.3, -0.25) is 9.79 Å². The molecule has 6 heteroatoms. The number of rotatable bonds is 7. The van der Waals surface area contributed by atoms with Crippen molar-refractivity contribution in [2.24, 2.45) is 10.7 Å². The van der Waals surface area contributed by atoms with Crippen molar-refractivity contribution in [3.63, 3.8) is 0 Å². The molecule has 0 atom stereocenters. The zero-order valence-corrected chi connectivity index (χ0v) is 12.0. The van der Waals surface area contributed by atoms with E-state index in [0.29, 0.717) is 24.7 Å². The normalized spacial score (nSPS) is 11.2. The molecule has 0 aromatic heterocycles. The minimum atomic E-state index is -0.422. The Morgan fingerprint density at radius 1 is 1.40 bits per heavy atom. The molecule has 110 valence electrons. The number of carbonyl (C=O) groups excluding carboxylic acids is 1. The summed E-state index contributed by atoms with van der Waals surface area (Å²) in [4.78, 5) is 15.2. The molecule has 0 saturated carbocycles. The van der Waals surface area contributed by atoms with Gasteiger partial charge in [-0.1, -0.05) is 12.1 Å². The number of nitrogens with one attached hydrogen (secondary N) is 2. The highest BCUT2D eigenvalue weighted by Crippen LogP contribution is 2.04. The fraction of sp³-hybridized carbons (Fsp3) is 0.429. The van der Waals surface area contributed by atoms with Gasteiger partial charge in [0.1, 0.15) is 0 Å². The molecule has 20 heavy (non-hydrogen) atoms. The summed E-state index contributed by atoms with van der Waals surface area (Å²) in [6.45, 7) is 2.07. The Balaban J connectivity index is 2.44. The van der Waals surface area contributed by atoms with E-state index in [1.54, 1.807) is 26.3 Å². The van der Waals surface area contributed by atoms with Gasteiger partial charge < -0.3 is 21.1 Å². The summed E-state index contributed by atoms with van der Waals surface area (Å²) in [7, 11) is 3.39. The SMILES string of the molecule is CN=C(NCCCOC)NCc1cccc(C(N)=O)c1. The maximum absolute atomic E-state index is 11.1. The number of aliphatic imine (C=N–C) groups is 1. The third-order valence-corrected chi connectivity index (χ3v) is 2.71. The van der Waals surface area contributed by atoms with Crippen LogP contribution in [0.4, 0.5) is 0 Å². The van der Waals surface area contributed by atoms with Gasteiger partial charge in [0.05, 0.1) is 0 Å². The van der Waals surface area contributed by atoms with E-state index < -0.39 is 5.91 Å². The summed E-state index contributed by atoms with van der Waals surface area (Å²) < 4.78 is 4.98. The number of amides is 1. The molecular formula is C14H22N4O2. The average molecular weight is 278 g/mol. The largest absolute Gasteiger partial charge is 0.385 e. The van der Waals surface area contributed by atoms with Gasteiger partial charge in [0, 0.05) is 39.4 Å². The summed E-state index contributed by atoms with van der Waals surface area (Å²) in [5.74, 6) is 0.291. The number of methoxy groups -OCH3 is 1. The zero-order valence-electron chi connectivity index (χ0n) is 12.0. The molecule has 1 aromatic carbocycles. The van der Waals surface area contributed by atoms with Gasteiger partial charge in [-0.2, -0.15) is 0 Å². The summed E-state index contributed by atoms with van der Waals surface area (Å²) in [5.41, 5.74) is 6.73. The molecule has 0 saturated heterocycles. The lowest BCUT2D eigenvalue weighted by molar-refractivity contribution is 0.1000. The highest BCUT2D eigenvalue weighted by atomic mass is 16.5. The molecule has 1 rings (SSSR count). The van der Waals surface area contributed by atoms with Crippen molar-refractivity contribution in [3.05, 3.63) is 35.4 Å². The van der Waals surface area contributed by atoms with Crippen LogP contribution in [-0.2, 0) is 11.3 Å². The van der Waals surface area contributed by atoms with E-state index in [2.05, 4.69) is 15.6 Å². The van der Waals surface area contributed by atoms with Crippen molar-refractivity contribution in [1.29, 1.82) is 0 Å². The predicted octanol–water partition coefficient (Wildman–Crippen LogP) is 0.487. The fourth-order valence-electron chi connectivity index (χ4n) is 1.66. The molecule has 0 heterocycles. The van der Waals surface area contributed by atoms with E-state index in [9.17, 15) is 4.79 Å². The third kappa shape index (κ3) is 5.71. The van der Waals surface area contributed by atoms with Gasteiger partial charge in [-0.25, -0.2) is 0 Å². The molecule has 0 radical (unpaired) electrons. The lowest BCUT2D eigenvalue weighted by atomic mass is 10.1. The summed E-state index contributed by atoms with van der Waals surface area (Å²) in [5, 5.41) is 6.35. The van der Waals surface area contributed by atoms with Crippen LogP contribution in [0.25, 0.3) is 0 Å². The smallest absolute Gasteiger partial charge is 0.248 e. The Morgan fingerprint density at radius 2 is 2.20 bits per heavy atom. The van der Waals surface area contributed by atoms with Crippen LogP contribution < -0.4 is 16.4 Å². The lowest BCUT2D eigenvalue weighted by Crippen LogP contribution is -2.37. The number of benzene rings is 1. The first kappa shape index (κ1) is 16.0. The van der Waals surface area contributed by atoms with Crippen molar-refractivity contribution in [1.82, 2.24) is 10.6 Å². The van der Waals surface area contributed by atoms with Gasteiger partial charge in [-0.15, -0.1) is 0 Å². The van der Waals surface area contributed by atoms with Crippen LogP contribution in [0.2, 0.25) is 0 Å². The topological polar surface area (TPSA) is 88.7 Å². The van der Waals surface area contributed by atoms with Crippen LogP contribution in [-0.4, -0.2) is 39.2 Å². The molecule has 6 nitrogen and oxygen atoms in total. The fourth-order valence-corrected chi connectivity index (χ4v) is 1.66. The van der Waals surface area contributed by atoms with Gasteiger partial charge in [0.25, 0.3) is 0 Å².